The van der Waals surface area contributed by atoms with Crippen LogP contribution in [0.3, 0.4) is 0 Å². The fourth-order valence-electron chi connectivity index (χ4n) is 4.76. The molecular weight excluding hydrogens is 401 g/mol. The quantitative estimate of drug-likeness (QED) is 0.427. The van der Waals surface area contributed by atoms with Gasteiger partial charge in [-0.05, 0) is 86.2 Å². The second kappa shape index (κ2) is 7.59. The first-order valence-electron chi connectivity index (χ1n) is 11.0. The number of imidazole rings is 1. The highest BCUT2D eigenvalue weighted by molar-refractivity contribution is 6.01. The largest absolute Gasteiger partial charge is 0.340 e. The monoisotopic (exact) mass is 427 g/mol. The molecule has 1 N–H and O–H groups in total. The topological polar surface area (TPSA) is 49.0 Å². The summed E-state index contributed by atoms with van der Waals surface area (Å²) < 4.78 is 13.4. The highest BCUT2D eigenvalue weighted by Crippen LogP contribution is 2.40. The molecular formula is C27H26FN3O. The highest BCUT2D eigenvalue weighted by Gasteiger charge is 2.44. The van der Waals surface area contributed by atoms with Crippen molar-refractivity contribution in [3.05, 3.63) is 89.0 Å². The zero-order valence-electron chi connectivity index (χ0n) is 18.6. The van der Waals surface area contributed by atoms with E-state index in [1.165, 1.54) is 23.3 Å². The average molecular weight is 428 g/mol. The van der Waals surface area contributed by atoms with Crippen LogP contribution in [0, 0.1) is 19.7 Å². The molecule has 32 heavy (non-hydrogen) atoms. The van der Waals surface area contributed by atoms with E-state index in [-0.39, 0.29) is 11.7 Å². The molecule has 1 unspecified atom stereocenters. The van der Waals surface area contributed by atoms with E-state index in [0.29, 0.717) is 12.1 Å². The van der Waals surface area contributed by atoms with Crippen LogP contribution in [-0.4, -0.2) is 27.3 Å². The standard InChI is InChI=1S/C27H26FN3O/c1-17-15-23-24(16-18(17)2)30-26(29-23)27(3)13-6-14-31(27)25(32)22-8-5-4-7-21(22)19-9-11-20(28)12-10-19/h4-5,7-12,15-16H,6,13-14H2,1-3H3,(H,29,30). The molecule has 3 aromatic carbocycles. The van der Waals surface area contributed by atoms with Crippen LogP contribution >= 0.6 is 0 Å². The van der Waals surface area contributed by atoms with E-state index in [0.717, 1.165) is 40.8 Å². The van der Waals surface area contributed by atoms with Crippen LogP contribution in [0.25, 0.3) is 22.2 Å². The first kappa shape index (κ1) is 20.4. The fourth-order valence-corrected chi connectivity index (χ4v) is 4.76. The molecule has 162 valence electrons. The van der Waals surface area contributed by atoms with Gasteiger partial charge in [-0.2, -0.15) is 0 Å². The number of halogens is 1. The molecule has 4 aromatic rings. The number of rotatable bonds is 3. The van der Waals surface area contributed by atoms with Gasteiger partial charge in [0.15, 0.2) is 0 Å². The molecule has 1 atom stereocenters. The number of fused-ring (bicyclic) bond motifs is 1. The van der Waals surface area contributed by atoms with Crippen molar-refractivity contribution in [2.45, 2.75) is 39.2 Å². The Bertz CT molecular complexity index is 1290. The van der Waals surface area contributed by atoms with Crippen LogP contribution in [0.4, 0.5) is 4.39 Å². The zero-order chi connectivity index (χ0) is 22.5. The lowest BCUT2D eigenvalue weighted by Crippen LogP contribution is -2.43. The Labute approximate surface area is 187 Å². The van der Waals surface area contributed by atoms with Crippen molar-refractivity contribution < 1.29 is 9.18 Å². The average Bonchev–Trinajstić information content (AvgIpc) is 3.38. The fraction of sp³-hybridized carbons (Fsp3) is 0.259. The van der Waals surface area contributed by atoms with Gasteiger partial charge in [0.25, 0.3) is 5.91 Å². The summed E-state index contributed by atoms with van der Waals surface area (Å²) in [6, 6.07) is 18.1. The van der Waals surface area contributed by atoms with Crippen molar-refractivity contribution in [1.82, 2.24) is 14.9 Å². The first-order valence-corrected chi connectivity index (χ1v) is 11.0. The van der Waals surface area contributed by atoms with Gasteiger partial charge < -0.3 is 9.88 Å². The van der Waals surface area contributed by atoms with Crippen molar-refractivity contribution in [3.8, 4) is 11.1 Å². The third-order valence-corrected chi connectivity index (χ3v) is 6.81. The number of aromatic amines is 1. The molecule has 1 aromatic heterocycles. The number of benzene rings is 3. The molecule has 0 radical (unpaired) electrons. The summed E-state index contributed by atoms with van der Waals surface area (Å²) in [6.45, 7) is 6.94. The Balaban J connectivity index is 1.55. The minimum atomic E-state index is -0.520. The molecule has 0 bridgehead atoms. The van der Waals surface area contributed by atoms with Gasteiger partial charge in [0.2, 0.25) is 0 Å². The summed E-state index contributed by atoms with van der Waals surface area (Å²) in [5.41, 5.74) is 6.07. The van der Waals surface area contributed by atoms with Crippen LogP contribution in [-0.2, 0) is 5.54 Å². The van der Waals surface area contributed by atoms with Crippen LogP contribution in [0.1, 0.15) is 47.1 Å². The van der Waals surface area contributed by atoms with Crippen molar-refractivity contribution in [2.24, 2.45) is 0 Å². The number of hydrogen-bond acceptors (Lipinski definition) is 2. The molecule has 4 nitrogen and oxygen atoms in total. The minimum Gasteiger partial charge on any atom is -0.340 e. The van der Waals surface area contributed by atoms with E-state index in [1.807, 2.05) is 29.2 Å². The number of nitrogens with one attached hydrogen (secondary N) is 1. The summed E-state index contributed by atoms with van der Waals surface area (Å²) in [6.07, 6.45) is 1.76. The van der Waals surface area contributed by atoms with Gasteiger partial charge in [-0.1, -0.05) is 30.3 Å². The molecule has 0 saturated carbocycles. The normalized spacial score (nSPS) is 18.4. The summed E-state index contributed by atoms with van der Waals surface area (Å²) in [5, 5.41) is 0. The Morgan fingerprint density at radius 3 is 2.56 bits per heavy atom. The number of carbonyl (C=O) groups is 1. The molecule has 5 rings (SSSR count). The number of aryl methyl sites for hydroxylation is 2. The first-order chi connectivity index (χ1) is 15.4. The van der Waals surface area contributed by atoms with Gasteiger partial charge in [-0.3, -0.25) is 4.79 Å². The molecule has 5 heteroatoms. The second-order valence-corrected chi connectivity index (χ2v) is 8.93. The Kier molecular flexibility index (Phi) is 4.85. The van der Waals surface area contributed by atoms with E-state index < -0.39 is 5.54 Å². The summed E-state index contributed by atoms with van der Waals surface area (Å²) in [7, 11) is 0. The maximum absolute atomic E-state index is 13.8. The number of H-pyrrole nitrogens is 1. The highest BCUT2D eigenvalue weighted by atomic mass is 19.1. The predicted octanol–water partition coefficient (Wildman–Crippen LogP) is 6.14. The molecule has 0 spiro atoms. The van der Waals surface area contributed by atoms with Crippen LogP contribution in [0.15, 0.2) is 60.7 Å². The lowest BCUT2D eigenvalue weighted by molar-refractivity contribution is 0.0607. The predicted molar refractivity (Wildman–Crippen MR) is 125 cm³/mol. The van der Waals surface area contributed by atoms with Crippen molar-refractivity contribution in [2.75, 3.05) is 6.54 Å². The summed E-state index contributed by atoms with van der Waals surface area (Å²) in [5.74, 6) is 0.500. The van der Waals surface area contributed by atoms with Gasteiger partial charge in [0, 0.05) is 12.1 Å². The third kappa shape index (κ3) is 3.29. The molecule has 1 fully saturated rings. The number of nitrogens with zero attached hydrogens (tertiary/aromatic N) is 2. The van der Waals surface area contributed by atoms with E-state index in [4.69, 9.17) is 4.98 Å². The van der Waals surface area contributed by atoms with E-state index in [1.54, 1.807) is 12.1 Å². The van der Waals surface area contributed by atoms with Gasteiger partial charge in [-0.25, -0.2) is 9.37 Å². The van der Waals surface area contributed by atoms with E-state index in [9.17, 15) is 9.18 Å². The van der Waals surface area contributed by atoms with E-state index in [2.05, 4.69) is 37.9 Å². The van der Waals surface area contributed by atoms with Crippen molar-refractivity contribution in [1.29, 1.82) is 0 Å². The maximum atomic E-state index is 13.8. The molecule has 1 saturated heterocycles. The SMILES string of the molecule is Cc1cc2nc(C3(C)CCCN3C(=O)c3ccccc3-c3ccc(F)cc3)[nH]c2cc1C. The maximum Gasteiger partial charge on any atom is 0.255 e. The van der Waals surface area contributed by atoms with E-state index >= 15 is 0 Å². The minimum absolute atomic E-state index is 0.0299. The number of hydrogen-bond donors (Lipinski definition) is 1. The number of likely N-dealkylation sites (tertiary alicyclic amines) is 1. The lowest BCUT2D eigenvalue weighted by Gasteiger charge is -2.34. The number of carbonyl (C=O) groups excluding carboxylic acids is 1. The van der Waals surface area contributed by atoms with Gasteiger partial charge in [-0.15, -0.1) is 0 Å². The number of amides is 1. The second-order valence-electron chi connectivity index (χ2n) is 8.93. The van der Waals surface area contributed by atoms with Crippen LogP contribution in [0.5, 0.6) is 0 Å². The van der Waals surface area contributed by atoms with Gasteiger partial charge >= 0.3 is 0 Å². The summed E-state index contributed by atoms with van der Waals surface area (Å²) >= 11 is 0. The third-order valence-electron chi connectivity index (χ3n) is 6.81. The number of aromatic nitrogens is 2. The van der Waals surface area contributed by atoms with Crippen LogP contribution < -0.4 is 0 Å². The molecule has 0 aliphatic carbocycles. The molecule has 1 amide bonds. The van der Waals surface area contributed by atoms with Crippen LogP contribution in [0.2, 0.25) is 0 Å². The Hall–Kier alpha value is -3.47. The lowest BCUT2D eigenvalue weighted by atomic mass is 9.95. The Morgan fingerprint density at radius 2 is 1.78 bits per heavy atom. The smallest absolute Gasteiger partial charge is 0.255 e. The van der Waals surface area contributed by atoms with Gasteiger partial charge in [0.1, 0.15) is 11.6 Å². The zero-order valence-corrected chi connectivity index (χ0v) is 18.6. The summed E-state index contributed by atoms with van der Waals surface area (Å²) in [4.78, 5) is 24.2. The van der Waals surface area contributed by atoms with Crippen molar-refractivity contribution in [3.63, 3.8) is 0 Å². The molecule has 1 aliphatic rings. The molecule has 2 heterocycles. The molecule has 1 aliphatic heterocycles. The van der Waals surface area contributed by atoms with Gasteiger partial charge in [0.05, 0.1) is 16.6 Å². The Morgan fingerprint density at radius 1 is 1.06 bits per heavy atom. The van der Waals surface area contributed by atoms with Crippen molar-refractivity contribution >= 4 is 16.9 Å².